The van der Waals surface area contributed by atoms with Crippen molar-refractivity contribution in [3.8, 4) is 0 Å². The molecule has 0 radical (unpaired) electrons. The summed E-state index contributed by atoms with van der Waals surface area (Å²) in [5, 5.41) is 9.38. The standard InChI is InChI=1S/C12H24N2O2/c1-3-5-7-14(4-2)12(16)10-13-8-6-11(15)9-13/h11,15H,3-10H2,1-2H3. The Labute approximate surface area is 98.2 Å². The number of unbranched alkanes of at least 4 members (excludes halogenated alkanes) is 1. The third kappa shape index (κ3) is 4.10. The van der Waals surface area contributed by atoms with Gasteiger partial charge in [-0.25, -0.2) is 0 Å². The molecular formula is C12H24N2O2. The number of carbonyl (C=O) groups is 1. The largest absolute Gasteiger partial charge is 0.392 e. The van der Waals surface area contributed by atoms with Crippen LogP contribution in [-0.4, -0.2) is 59.6 Å². The fraction of sp³-hybridized carbons (Fsp3) is 0.917. The number of hydrogen-bond acceptors (Lipinski definition) is 3. The molecule has 1 fully saturated rings. The Kier molecular flexibility index (Phi) is 5.77. The smallest absolute Gasteiger partial charge is 0.236 e. The average Bonchev–Trinajstić information content (AvgIpc) is 2.65. The molecule has 1 aliphatic heterocycles. The number of likely N-dealkylation sites (N-methyl/N-ethyl adjacent to an activating group) is 1. The molecule has 0 spiro atoms. The molecule has 0 bridgehead atoms. The van der Waals surface area contributed by atoms with Gasteiger partial charge in [0.25, 0.3) is 0 Å². The summed E-state index contributed by atoms with van der Waals surface area (Å²) in [7, 11) is 0. The zero-order chi connectivity index (χ0) is 12.0. The summed E-state index contributed by atoms with van der Waals surface area (Å²) >= 11 is 0. The van der Waals surface area contributed by atoms with Crippen LogP contribution in [0.15, 0.2) is 0 Å². The van der Waals surface area contributed by atoms with E-state index in [0.717, 1.165) is 38.9 Å². The number of amides is 1. The minimum Gasteiger partial charge on any atom is -0.392 e. The van der Waals surface area contributed by atoms with Crippen LogP contribution in [0, 0.1) is 0 Å². The minimum atomic E-state index is -0.237. The lowest BCUT2D eigenvalue weighted by Gasteiger charge is -2.23. The van der Waals surface area contributed by atoms with Gasteiger partial charge in [-0.15, -0.1) is 0 Å². The number of likely N-dealkylation sites (tertiary alicyclic amines) is 1. The molecule has 1 unspecified atom stereocenters. The van der Waals surface area contributed by atoms with E-state index in [-0.39, 0.29) is 12.0 Å². The van der Waals surface area contributed by atoms with Gasteiger partial charge in [0, 0.05) is 26.2 Å². The zero-order valence-electron chi connectivity index (χ0n) is 10.5. The van der Waals surface area contributed by atoms with E-state index in [0.29, 0.717) is 13.1 Å². The molecule has 1 saturated heterocycles. The predicted molar refractivity (Wildman–Crippen MR) is 64.2 cm³/mol. The first-order valence-corrected chi connectivity index (χ1v) is 6.35. The Bertz CT molecular complexity index is 221. The maximum atomic E-state index is 11.9. The highest BCUT2D eigenvalue weighted by Crippen LogP contribution is 2.08. The molecule has 0 aromatic heterocycles. The van der Waals surface area contributed by atoms with E-state index in [1.807, 2.05) is 16.7 Å². The number of aliphatic hydroxyl groups excluding tert-OH is 1. The molecule has 1 N–H and O–H groups in total. The molecule has 94 valence electrons. The highest BCUT2D eigenvalue weighted by Gasteiger charge is 2.23. The first kappa shape index (κ1) is 13.5. The van der Waals surface area contributed by atoms with Crippen molar-refractivity contribution in [1.29, 1.82) is 0 Å². The van der Waals surface area contributed by atoms with Gasteiger partial charge in [0.15, 0.2) is 0 Å². The van der Waals surface area contributed by atoms with Crippen LogP contribution in [0.3, 0.4) is 0 Å². The van der Waals surface area contributed by atoms with Crippen LogP contribution < -0.4 is 0 Å². The first-order chi connectivity index (χ1) is 7.67. The lowest BCUT2D eigenvalue weighted by Crippen LogP contribution is -2.40. The third-order valence-corrected chi connectivity index (χ3v) is 3.12. The van der Waals surface area contributed by atoms with Crippen molar-refractivity contribution < 1.29 is 9.90 Å². The summed E-state index contributed by atoms with van der Waals surface area (Å²) in [6, 6.07) is 0. The maximum Gasteiger partial charge on any atom is 0.236 e. The van der Waals surface area contributed by atoms with E-state index in [2.05, 4.69) is 6.92 Å². The lowest BCUT2D eigenvalue weighted by molar-refractivity contribution is -0.132. The van der Waals surface area contributed by atoms with Crippen molar-refractivity contribution in [3.63, 3.8) is 0 Å². The van der Waals surface area contributed by atoms with Crippen molar-refractivity contribution in [1.82, 2.24) is 9.80 Å². The average molecular weight is 228 g/mol. The molecule has 4 nitrogen and oxygen atoms in total. The molecule has 1 aliphatic rings. The van der Waals surface area contributed by atoms with Crippen LogP contribution in [-0.2, 0) is 4.79 Å². The summed E-state index contributed by atoms with van der Waals surface area (Å²) < 4.78 is 0. The monoisotopic (exact) mass is 228 g/mol. The van der Waals surface area contributed by atoms with E-state index in [1.165, 1.54) is 0 Å². The van der Waals surface area contributed by atoms with Gasteiger partial charge < -0.3 is 10.0 Å². The van der Waals surface area contributed by atoms with Crippen molar-refractivity contribution in [2.24, 2.45) is 0 Å². The lowest BCUT2D eigenvalue weighted by atomic mass is 10.3. The summed E-state index contributed by atoms with van der Waals surface area (Å²) in [5.74, 6) is 0.199. The Balaban J connectivity index is 2.31. The van der Waals surface area contributed by atoms with Crippen LogP contribution in [0.4, 0.5) is 0 Å². The van der Waals surface area contributed by atoms with Gasteiger partial charge in [0.1, 0.15) is 0 Å². The number of hydrogen-bond donors (Lipinski definition) is 1. The normalized spacial score (nSPS) is 21.3. The molecule has 1 atom stereocenters. The highest BCUT2D eigenvalue weighted by atomic mass is 16.3. The molecule has 1 rings (SSSR count). The molecule has 1 amide bonds. The van der Waals surface area contributed by atoms with Crippen molar-refractivity contribution in [3.05, 3.63) is 0 Å². The second-order valence-electron chi connectivity index (χ2n) is 4.50. The van der Waals surface area contributed by atoms with Gasteiger partial charge in [-0.2, -0.15) is 0 Å². The SMILES string of the molecule is CCCCN(CC)C(=O)CN1CCC(O)C1. The van der Waals surface area contributed by atoms with E-state index in [4.69, 9.17) is 0 Å². The van der Waals surface area contributed by atoms with Gasteiger partial charge in [0.05, 0.1) is 12.6 Å². The fourth-order valence-electron chi connectivity index (χ4n) is 2.06. The number of β-amino-alcohol motifs (C(OH)–C–C–N with tert-alkyl or cyclic N) is 1. The van der Waals surface area contributed by atoms with E-state index in [1.54, 1.807) is 0 Å². The zero-order valence-corrected chi connectivity index (χ0v) is 10.5. The Morgan fingerprint density at radius 2 is 2.25 bits per heavy atom. The number of rotatable bonds is 6. The third-order valence-electron chi connectivity index (χ3n) is 3.12. The van der Waals surface area contributed by atoms with Gasteiger partial charge in [-0.3, -0.25) is 9.69 Å². The Morgan fingerprint density at radius 3 is 2.75 bits per heavy atom. The molecule has 0 aromatic rings. The maximum absolute atomic E-state index is 11.9. The minimum absolute atomic E-state index is 0.199. The summed E-state index contributed by atoms with van der Waals surface area (Å²) in [5.41, 5.74) is 0. The first-order valence-electron chi connectivity index (χ1n) is 6.35. The van der Waals surface area contributed by atoms with Crippen molar-refractivity contribution >= 4 is 5.91 Å². The summed E-state index contributed by atoms with van der Waals surface area (Å²) in [6.07, 6.45) is 2.75. The van der Waals surface area contributed by atoms with E-state index < -0.39 is 0 Å². The van der Waals surface area contributed by atoms with Crippen LogP contribution in [0.25, 0.3) is 0 Å². The van der Waals surface area contributed by atoms with E-state index in [9.17, 15) is 9.90 Å². The molecule has 16 heavy (non-hydrogen) atoms. The molecule has 0 aromatic carbocycles. The van der Waals surface area contributed by atoms with Crippen molar-refractivity contribution in [2.45, 2.75) is 39.2 Å². The topological polar surface area (TPSA) is 43.8 Å². The van der Waals surface area contributed by atoms with Crippen LogP contribution in [0.5, 0.6) is 0 Å². The fourth-order valence-corrected chi connectivity index (χ4v) is 2.06. The van der Waals surface area contributed by atoms with Crippen LogP contribution in [0.1, 0.15) is 33.1 Å². The van der Waals surface area contributed by atoms with Crippen LogP contribution in [0.2, 0.25) is 0 Å². The van der Waals surface area contributed by atoms with Crippen LogP contribution >= 0.6 is 0 Å². The second-order valence-corrected chi connectivity index (χ2v) is 4.50. The molecule has 4 heteroatoms. The Morgan fingerprint density at radius 1 is 1.50 bits per heavy atom. The van der Waals surface area contributed by atoms with E-state index >= 15 is 0 Å². The number of aliphatic hydroxyl groups is 1. The quantitative estimate of drug-likeness (QED) is 0.728. The number of nitrogens with zero attached hydrogens (tertiary/aromatic N) is 2. The molecule has 1 heterocycles. The molecule has 0 saturated carbocycles. The van der Waals surface area contributed by atoms with Gasteiger partial charge >= 0.3 is 0 Å². The molecule has 0 aliphatic carbocycles. The predicted octanol–water partition coefficient (Wildman–Crippen LogP) is 0.702. The van der Waals surface area contributed by atoms with Crippen molar-refractivity contribution in [2.75, 3.05) is 32.7 Å². The number of carbonyl (C=O) groups excluding carboxylic acids is 1. The van der Waals surface area contributed by atoms with Gasteiger partial charge in [-0.1, -0.05) is 13.3 Å². The second kappa shape index (κ2) is 6.86. The van der Waals surface area contributed by atoms with Gasteiger partial charge in [-0.05, 0) is 19.8 Å². The summed E-state index contributed by atoms with van der Waals surface area (Å²) in [4.78, 5) is 15.9. The summed E-state index contributed by atoms with van der Waals surface area (Å²) in [6.45, 7) is 7.77. The Hall–Kier alpha value is -0.610. The van der Waals surface area contributed by atoms with Gasteiger partial charge in [0.2, 0.25) is 5.91 Å². The molecular weight excluding hydrogens is 204 g/mol. The highest BCUT2D eigenvalue weighted by molar-refractivity contribution is 5.78.